The van der Waals surface area contributed by atoms with E-state index in [1.165, 1.54) is 5.56 Å². The highest BCUT2D eigenvalue weighted by molar-refractivity contribution is 5.84. The van der Waals surface area contributed by atoms with Gasteiger partial charge in [-0.2, -0.15) is 5.10 Å². The van der Waals surface area contributed by atoms with Gasteiger partial charge in [0.05, 0.1) is 26.4 Å². The van der Waals surface area contributed by atoms with Crippen LogP contribution in [0.4, 0.5) is 0 Å². The largest absolute Gasteiger partial charge is 0.493 e. The summed E-state index contributed by atoms with van der Waals surface area (Å²) in [6, 6.07) is 11.5. The lowest BCUT2D eigenvalue weighted by Gasteiger charge is -2.09. The van der Waals surface area contributed by atoms with Crippen LogP contribution in [0.15, 0.2) is 41.5 Å². The van der Waals surface area contributed by atoms with Crippen LogP contribution in [0, 0.1) is 13.8 Å². The van der Waals surface area contributed by atoms with Gasteiger partial charge in [-0.15, -0.1) is 0 Å². The molecule has 0 aliphatic rings. The molecule has 132 valence electrons. The third-order valence-electron chi connectivity index (χ3n) is 3.74. The van der Waals surface area contributed by atoms with Gasteiger partial charge in [0.2, 0.25) is 5.91 Å². The molecule has 0 saturated carbocycles. The minimum Gasteiger partial charge on any atom is -0.493 e. The van der Waals surface area contributed by atoms with Crippen molar-refractivity contribution in [3.05, 3.63) is 58.7 Å². The molecule has 5 nitrogen and oxygen atoms in total. The fraction of sp³-hybridized carbons (Fsp3) is 0.300. The molecule has 0 aromatic heterocycles. The number of hydrazone groups is 1. The van der Waals surface area contributed by atoms with Gasteiger partial charge in [-0.1, -0.05) is 23.8 Å². The number of aryl methyl sites for hydroxylation is 2. The van der Waals surface area contributed by atoms with Crippen LogP contribution in [0.2, 0.25) is 0 Å². The Labute approximate surface area is 148 Å². The van der Waals surface area contributed by atoms with Crippen molar-refractivity contribution in [2.45, 2.75) is 27.2 Å². The van der Waals surface area contributed by atoms with Gasteiger partial charge in [0.1, 0.15) is 0 Å². The van der Waals surface area contributed by atoms with Gasteiger partial charge >= 0.3 is 0 Å². The second-order valence-corrected chi connectivity index (χ2v) is 5.74. The number of rotatable bonds is 7. The minimum absolute atomic E-state index is 0.152. The minimum atomic E-state index is -0.152. The Morgan fingerprint density at radius 2 is 1.96 bits per heavy atom. The van der Waals surface area contributed by atoms with Crippen LogP contribution in [-0.4, -0.2) is 25.8 Å². The zero-order valence-corrected chi connectivity index (χ0v) is 15.1. The molecule has 5 heteroatoms. The molecule has 0 aliphatic heterocycles. The quantitative estimate of drug-likeness (QED) is 0.621. The number of nitrogens with zero attached hydrogens (tertiary/aromatic N) is 1. The van der Waals surface area contributed by atoms with E-state index in [9.17, 15) is 4.79 Å². The third-order valence-corrected chi connectivity index (χ3v) is 3.74. The summed E-state index contributed by atoms with van der Waals surface area (Å²) in [6.45, 7) is 6.52. The van der Waals surface area contributed by atoms with Gasteiger partial charge < -0.3 is 9.47 Å². The monoisotopic (exact) mass is 340 g/mol. The molecule has 2 aromatic carbocycles. The number of benzene rings is 2. The maximum atomic E-state index is 12.0. The fourth-order valence-electron chi connectivity index (χ4n) is 2.47. The summed E-state index contributed by atoms with van der Waals surface area (Å²) < 4.78 is 10.8. The molecule has 0 bridgehead atoms. The van der Waals surface area contributed by atoms with E-state index in [0.717, 1.165) is 16.7 Å². The van der Waals surface area contributed by atoms with Crippen LogP contribution < -0.4 is 14.9 Å². The molecule has 1 N–H and O–H groups in total. The second-order valence-electron chi connectivity index (χ2n) is 5.74. The molecule has 0 fully saturated rings. The van der Waals surface area contributed by atoms with Gasteiger partial charge in [0.25, 0.3) is 0 Å². The van der Waals surface area contributed by atoms with E-state index in [1.807, 2.05) is 51.1 Å². The first-order chi connectivity index (χ1) is 12.0. The van der Waals surface area contributed by atoms with Crippen molar-refractivity contribution in [3.8, 4) is 11.5 Å². The summed E-state index contributed by atoms with van der Waals surface area (Å²) in [5.41, 5.74) is 6.66. The molecule has 0 heterocycles. The molecule has 2 aromatic rings. The van der Waals surface area contributed by atoms with Crippen molar-refractivity contribution >= 4 is 12.1 Å². The van der Waals surface area contributed by atoms with Crippen molar-refractivity contribution in [3.63, 3.8) is 0 Å². The first-order valence-electron chi connectivity index (χ1n) is 8.22. The smallest absolute Gasteiger partial charge is 0.244 e. The predicted molar refractivity (Wildman–Crippen MR) is 99.5 cm³/mol. The lowest BCUT2D eigenvalue weighted by molar-refractivity contribution is -0.120. The molecule has 1 amide bonds. The molecule has 0 unspecified atom stereocenters. The van der Waals surface area contributed by atoms with Crippen molar-refractivity contribution in [1.29, 1.82) is 0 Å². The molecule has 0 radical (unpaired) electrons. The molecule has 0 saturated heterocycles. The van der Waals surface area contributed by atoms with Crippen molar-refractivity contribution < 1.29 is 14.3 Å². The van der Waals surface area contributed by atoms with Crippen molar-refractivity contribution in [2.75, 3.05) is 13.7 Å². The highest BCUT2D eigenvalue weighted by Crippen LogP contribution is 2.27. The number of methoxy groups -OCH3 is 1. The molecule has 2 rings (SSSR count). The van der Waals surface area contributed by atoms with Gasteiger partial charge in [-0.25, -0.2) is 5.43 Å². The van der Waals surface area contributed by atoms with Crippen LogP contribution in [0.3, 0.4) is 0 Å². The van der Waals surface area contributed by atoms with Crippen LogP contribution >= 0.6 is 0 Å². The van der Waals surface area contributed by atoms with E-state index >= 15 is 0 Å². The van der Waals surface area contributed by atoms with Crippen molar-refractivity contribution in [1.82, 2.24) is 5.43 Å². The van der Waals surface area contributed by atoms with E-state index in [4.69, 9.17) is 9.47 Å². The van der Waals surface area contributed by atoms with Gasteiger partial charge in [0, 0.05) is 0 Å². The molecular weight excluding hydrogens is 316 g/mol. The Balaban J connectivity index is 1.97. The molecule has 0 atom stereocenters. The SMILES string of the molecule is CCOc1ccc(/C=N/NC(=O)Cc2ccc(C)cc2C)cc1OC. The highest BCUT2D eigenvalue weighted by atomic mass is 16.5. The molecule has 0 spiro atoms. The maximum absolute atomic E-state index is 12.0. The predicted octanol–water partition coefficient (Wildman–Crippen LogP) is 3.40. The van der Waals surface area contributed by atoms with E-state index < -0.39 is 0 Å². The number of carbonyl (C=O) groups excluding carboxylic acids is 1. The average molecular weight is 340 g/mol. The standard InChI is InChI=1S/C20H24N2O3/c1-5-25-18-9-7-16(11-19(18)24-4)13-21-22-20(23)12-17-8-6-14(2)10-15(17)3/h6-11,13H,5,12H2,1-4H3,(H,22,23)/b21-13+. The number of nitrogens with one attached hydrogen (secondary N) is 1. The van der Waals surface area contributed by atoms with Gasteiger partial charge in [0.15, 0.2) is 11.5 Å². The number of hydrogen-bond acceptors (Lipinski definition) is 4. The van der Waals surface area contributed by atoms with E-state index in [-0.39, 0.29) is 5.91 Å². The highest BCUT2D eigenvalue weighted by Gasteiger charge is 2.06. The summed E-state index contributed by atoms with van der Waals surface area (Å²) in [7, 11) is 1.59. The lowest BCUT2D eigenvalue weighted by atomic mass is 10.0. The normalized spacial score (nSPS) is 10.7. The Morgan fingerprint density at radius 1 is 1.16 bits per heavy atom. The lowest BCUT2D eigenvalue weighted by Crippen LogP contribution is -2.20. The maximum Gasteiger partial charge on any atom is 0.244 e. The Kier molecular flexibility index (Phi) is 6.57. The average Bonchev–Trinajstić information content (AvgIpc) is 2.59. The summed E-state index contributed by atoms with van der Waals surface area (Å²) in [5.74, 6) is 1.16. The van der Waals surface area contributed by atoms with Crippen LogP contribution in [0.25, 0.3) is 0 Å². The zero-order valence-electron chi connectivity index (χ0n) is 15.1. The van der Waals surface area contributed by atoms with E-state index in [2.05, 4.69) is 16.6 Å². The Bertz CT molecular complexity index is 770. The third kappa shape index (κ3) is 5.35. The number of amides is 1. The van der Waals surface area contributed by atoms with Crippen molar-refractivity contribution in [2.24, 2.45) is 5.10 Å². The topological polar surface area (TPSA) is 59.9 Å². The Hall–Kier alpha value is -2.82. The summed E-state index contributed by atoms with van der Waals surface area (Å²) in [4.78, 5) is 12.0. The number of carbonyl (C=O) groups is 1. The number of hydrogen-bond donors (Lipinski definition) is 1. The first kappa shape index (κ1) is 18.5. The van der Waals surface area contributed by atoms with Crippen LogP contribution in [0.5, 0.6) is 11.5 Å². The summed E-state index contributed by atoms with van der Waals surface area (Å²) in [5, 5.41) is 4.02. The van der Waals surface area contributed by atoms with E-state index in [0.29, 0.717) is 24.5 Å². The van der Waals surface area contributed by atoms with Crippen LogP contribution in [-0.2, 0) is 11.2 Å². The number of ether oxygens (including phenoxy) is 2. The zero-order chi connectivity index (χ0) is 18.2. The summed E-state index contributed by atoms with van der Waals surface area (Å²) >= 11 is 0. The molecular formula is C20H24N2O3. The van der Waals surface area contributed by atoms with Gasteiger partial charge in [-0.3, -0.25) is 4.79 Å². The summed E-state index contributed by atoms with van der Waals surface area (Å²) in [6.07, 6.45) is 1.88. The van der Waals surface area contributed by atoms with Crippen LogP contribution in [0.1, 0.15) is 29.2 Å². The molecule has 25 heavy (non-hydrogen) atoms. The second kappa shape index (κ2) is 8.87. The fourth-order valence-corrected chi connectivity index (χ4v) is 2.47. The molecule has 0 aliphatic carbocycles. The Morgan fingerprint density at radius 3 is 2.64 bits per heavy atom. The van der Waals surface area contributed by atoms with E-state index in [1.54, 1.807) is 13.3 Å². The first-order valence-corrected chi connectivity index (χ1v) is 8.22. The van der Waals surface area contributed by atoms with Gasteiger partial charge in [-0.05, 0) is 55.7 Å².